The van der Waals surface area contributed by atoms with Gasteiger partial charge in [-0.2, -0.15) is 0 Å². The average Bonchev–Trinajstić information content (AvgIpc) is 1.90. The third-order valence-electron chi connectivity index (χ3n) is 2.26. The van der Waals surface area contributed by atoms with Crippen molar-refractivity contribution in [2.45, 2.75) is 31.7 Å². The quantitative estimate of drug-likeness (QED) is 0.605. The van der Waals surface area contributed by atoms with Crippen LogP contribution in [0.25, 0.3) is 0 Å². The summed E-state index contributed by atoms with van der Waals surface area (Å²) in [4.78, 5) is 0. The van der Waals surface area contributed by atoms with Crippen molar-refractivity contribution in [3.05, 3.63) is 0 Å². The first-order valence-electron chi connectivity index (χ1n) is 4.76. The Bertz CT molecular complexity index is 235. The van der Waals surface area contributed by atoms with Gasteiger partial charge in [0, 0.05) is 12.6 Å². The van der Waals surface area contributed by atoms with Crippen molar-refractivity contribution in [1.29, 1.82) is 0 Å². The SMILES string of the molecule is CS(=O)(=O)NCCCNC1CCC1. The molecule has 0 spiro atoms. The lowest BCUT2D eigenvalue weighted by Gasteiger charge is -2.26. The topological polar surface area (TPSA) is 58.2 Å². The van der Waals surface area contributed by atoms with Crippen LogP contribution in [-0.2, 0) is 10.0 Å². The molecule has 0 amide bonds. The van der Waals surface area contributed by atoms with Gasteiger partial charge in [-0.25, -0.2) is 13.1 Å². The molecule has 0 aromatic rings. The molecule has 4 nitrogen and oxygen atoms in total. The van der Waals surface area contributed by atoms with Crippen LogP contribution in [-0.4, -0.2) is 33.8 Å². The summed E-state index contributed by atoms with van der Waals surface area (Å²) in [6.45, 7) is 1.45. The first kappa shape index (κ1) is 10.9. The molecule has 0 bridgehead atoms. The van der Waals surface area contributed by atoms with Crippen LogP contribution < -0.4 is 10.0 Å². The highest BCUT2D eigenvalue weighted by molar-refractivity contribution is 7.88. The minimum atomic E-state index is -2.99. The number of rotatable bonds is 6. The van der Waals surface area contributed by atoms with E-state index in [9.17, 15) is 8.42 Å². The standard InChI is InChI=1S/C8H18N2O2S/c1-13(11,12)10-7-3-6-9-8-4-2-5-8/h8-10H,2-7H2,1H3. The van der Waals surface area contributed by atoms with Crippen LogP contribution in [0.2, 0.25) is 0 Å². The van der Waals surface area contributed by atoms with Gasteiger partial charge in [-0.05, 0) is 25.8 Å². The Labute approximate surface area is 80.1 Å². The van der Waals surface area contributed by atoms with Gasteiger partial charge in [0.25, 0.3) is 0 Å². The maximum atomic E-state index is 10.7. The van der Waals surface area contributed by atoms with E-state index >= 15 is 0 Å². The molecule has 0 aliphatic heterocycles. The minimum absolute atomic E-state index is 0.540. The molecule has 1 aliphatic rings. The molecular weight excluding hydrogens is 188 g/mol. The van der Waals surface area contributed by atoms with Crippen LogP contribution in [0.15, 0.2) is 0 Å². The van der Waals surface area contributed by atoms with E-state index in [1.807, 2.05) is 0 Å². The molecule has 0 heterocycles. The summed E-state index contributed by atoms with van der Waals surface area (Å²) < 4.78 is 23.8. The molecule has 13 heavy (non-hydrogen) atoms. The zero-order valence-electron chi connectivity index (χ0n) is 8.04. The number of hydrogen-bond acceptors (Lipinski definition) is 3. The van der Waals surface area contributed by atoms with Crippen LogP contribution >= 0.6 is 0 Å². The van der Waals surface area contributed by atoms with Crippen LogP contribution in [0.1, 0.15) is 25.7 Å². The van der Waals surface area contributed by atoms with Gasteiger partial charge >= 0.3 is 0 Å². The van der Waals surface area contributed by atoms with Crippen molar-refractivity contribution in [1.82, 2.24) is 10.0 Å². The summed E-state index contributed by atoms with van der Waals surface area (Å²) in [5.74, 6) is 0. The highest BCUT2D eigenvalue weighted by Crippen LogP contribution is 2.17. The lowest BCUT2D eigenvalue weighted by molar-refractivity contribution is 0.339. The molecule has 0 radical (unpaired) electrons. The summed E-state index contributed by atoms with van der Waals surface area (Å²) >= 11 is 0. The van der Waals surface area contributed by atoms with Crippen molar-refractivity contribution >= 4 is 10.0 Å². The lowest BCUT2D eigenvalue weighted by atomic mass is 9.93. The Morgan fingerprint density at radius 2 is 2.00 bits per heavy atom. The second-order valence-corrected chi connectivity index (χ2v) is 5.44. The van der Waals surface area contributed by atoms with Crippen LogP contribution in [0.5, 0.6) is 0 Å². The van der Waals surface area contributed by atoms with Gasteiger partial charge in [-0.3, -0.25) is 0 Å². The van der Waals surface area contributed by atoms with E-state index in [0.717, 1.165) is 13.0 Å². The van der Waals surface area contributed by atoms with Gasteiger partial charge in [0.2, 0.25) is 10.0 Å². The fraction of sp³-hybridized carbons (Fsp3) is 1.00. The predicted octanol–water partition coefficient (Wildman–Crippen LogP) is 0.0678. The number of sulfonamides is 1. The Morgan fingerprint density at radius 1 is 1.31 bits per heavy atom. The molecule has 78 valence electrons. The molecule has 0 atom stereocenters. The van der Waals surface area contributed by atoms with Gasteiger partial charge in [0.15, 0.2) is 0 Å². The summed E-state index contributed by atoms with van der Waals surface area (Å²) in [5.41, 5.74) is 0. The Morgan fingerprint density at radius 3 is 2.46 bits per heavy atom. The van der Waals surface area contributed by atoms with Crippen LogP contribution in [0.3, 0.4) is 0 Å². The summed E-state index contributed by atoms with van der Waals surface area (Å²) in [5, 5.41) is 3.37. The first-order valence-corrected chi connectivity index (χ1v) is 6.65. The lowest BCUT2D eigenvalue weighted by Crippen LogP contribution is -2.36. The Hall–Kier alpha value is -0.130. The molecular formula is C8H18N2O2S. The van der Waals surface area contributed by atoms with E-state index in [0.29, 0.717) is 12.6 Å². The Kier molecular flexibility index (Phi) is 4.15. The fourth-order valence-corrected chi connectivity index (χ4v) is 1.78. The summed E-state index contributed by atoms with van der Waals surface area (Å²) in [6.07, 6.45) is 5.94. The second-order valence-electron chi connectivity index (χ2n) is 3.60. The van der Waals surface area contributed by atoms with Crippen molar-refractivity contribution in [2.75, 3.05) is 19.3 Å². The van der Waals surface area contributed by atoms with Crippen LogP contribution in [0, 0.1) is 0 Å². The third-order valence-corrected chi connectivity index (χ3v) is 2.98. The summed E-state index contributed by atoms with van der Waals surface area (Å²) in [7, 11) is -2.99. The molecule has 0 unspecified atom stereocenters. The van der Waals surface area contributed by atoms with E-state index in [1.165, 1.54) is 25.5 Å². The monoisotopic (exact) mass is 206 g/mol. The fourth-order valence-electron chi connectivity index (χ4n) is 1.26. The van der Waals surface area contributed by atoms with Gasteiger partial charge in [-0.15, -0.1) is 0 Å². The maximum Gasteiger partial charge on any atom is 0.208 e. The highest BCUT2D eigenvalue weighted by Gasteiger charge is 2.15. The Balaban J connectivity index is 1.89. The van der Waals surface area contributed by atoms with E-state index in [1.54, 1.807) is 0 Å². The second kappa shape index (κ2) is 4.93. The highest BCUT2D eigenvalue weighted by atomic mass is 32.2. The van der Waals surface area contributed by atoms with Crippen LogP contribution in [0.4, 0.5) is 0 Å². The van der Waals surface area contributed by atoms with Crippen molar-refractivity contribution in [3.63, 3.8) is 0 Å². The van der Waals surface area contributed by atoms with Crippen molar-refractivity contribution in [3.8, 4) is 0 Å². The molecule has 1 fully saturated rings. The number of hydrogen-bond donors (Lipinski definition) is 2. The average molecular weight is 206 g/mol. The third kappa shape index (κ3) is 5.23. The molecule has 0 aromatic carbocycles. The van der Waals surface area contributed by atoms with Gasteiger partial charge in [-0.1, -0.05) is 6.42 Å². The maximum absolute atomic E-state index is 10.7. The summed E-state index contributed by atoms with van der Waals surface area (Å²) in [6, 6.07) is 0.693. The largest absolute Gasteiger partial charge is 0.314 e. The molecule has 1 aliphatic carbocycles. The van der Waals surface area contributed by atoms with Crippen molar-refractivity contribution in [2.24, 2.45) is 0 Å². The molecule has 0 aromatic heterocycles. The minimum Gasteiger partial charge on any atom is -0.314 e. The number of nitrogens with one attached hydrogen (secondary N) is 2. The van der Waals surface area contributed by atoms with E-state index in [4.69, 9.17) is 0 Å². The van der Waals surface area contributed by atoms with Crippen molar-refractivity contribution < 1.29 is 8.42 Å². The molecule has 2 N–H and O–H groups in total. The zero-order valence-corrected chi connectivity index (χ0v) is 8.86. The van der Waals surface area contributed by atoms with E-state index in [2.05, 4.69) is 10.0 Å². The van der Waals surface area contributed by atoms with Gasteiger partial charge in [0.05, 0.1) is 6.26 Å². The normalized spacial score (nSPS) is 18.5. The van der Waals surface area contributed by atoms with Gasteiger partial charge in [0.1, 0.15) is 0 Å². The molecule has 1 rings (SSSR count). The smallest absolute Gasteiger partial charge is 0.208 e. The first-order chi connectivity index (χ1) is 6.08. The van der Waals surface area contributed by atoms with E-state index < -0.39 is 10.0 Å². The van der Waals surface area contributed by atoms with E-state index in [-0.39, 0.29) is 0 Å². The predicted molar refractivity (Wildman–Crippen MR) is 53.1 cm³/mol. The molecule has 5 heteroatoms. The van der Waals surface area contributed by atoms with Gasteiger partial charge < -0.3 is 5.32 Å². The molecule has 0 saturated heterocycles. The zero-order chi connectivity index (χ0) is 9.73. The molecule has 1 saturated carbocycles.